The summed E-state index contributed by atoms with van der Waals surface area (Å²) in [4.78, 5) is 17.7. The molecule has 4 aromatic rings. The zero-order valence-electron chi connectivity index (χ0n) is 20.8. The minimum absolute atomic E-state index is 0.0981. The quantitative estimate of drug-likeness (QED) is 0.368. The van der Waals surface area contributed by atoms with Crippen molar-refractivity contribution < 1.29 is 4.79 Å². The SMILES string of the molecule is CC(C)(C)n1cc(-c2ccc(NC(=O)C(NCCc3ccc(C#N)cc3)c3ccccc3)nc2)cn1. The van der Waals surface area contributed by atoms with E-state index in [1.165, 1.54) is 0 Å². The molecule has 2 aromatic carbocycles. The van der Waals surface area contributed by atoms with Crippen LogP contribution in [0.2, 0.25) is 0 Å². The fraction of sp³-hybridized carbons (Fsp3) is 0.241. The Labute approximate surface area is 211 Å². The van der Waals surface area contributed by atoms with E-state index in [1.807, 2.05) is 65.6 Å². The third-order valence-corrected chi connectivity index (χ3v) is 5.86. The second-order valence-corrected chi connectivity index (χ2v) is 9.62. The summed E-state index contributed by atoms with van der Waals surface area (Å²) in [6.07, 6.45) is 6.30. The van der Waals surface area contributed by atoms with Gasteiger partial charge in [-0.05, 0) is 62.6 Å². The first-order valence-corrected chi connectivity index (χ1v) is 11.9. The molecule has 2 heterocycles. The van der Waals surface area contributed by atoms with Crippen LogP contribution in [0.1, 0.15) is 43.5 Å². The second kappa shape index (κ2) is 11.0. The van der Waals surface area contributed by atoms with Gasteiger partial charge in [-0.1, -0.05) is 42.5 Å². The Morgan fingerprint density at radius 1 is 1.00 bits per heavy atom. The summed E-state index contributed by atoms with van der Waals surface area (Å²) >= 11 is 0. The summed E-state index contributed by atoms with van der Waals surface area (Å²) in [5, 5.41) is 19.7. The molecule has 0 spiro atoms. The third kappa shape index (κ3) is 6.23. The molecule has 36 heavy (non-hydrogen) atoms. The molecule has 0 bridgehead atoms. The Morgan fingerprint density at radius 3 is 2.36 bits per heavy atom. The summed E-state index contributed by atoms with van der Waals surface area (Å²) in [6.45, 7) is 6.90. The van der Waals surface area contributed by atoms with Crippen molar-refractivity contribution in [2.45, 2.75) is 38.8 Å². The van der Waals surface area contributed by atoms with Gasteiger partial charge in [0.1, 0.15) is 11.9 Å². The number of carbonyl (C=O) groups is 1. The molecule has 4 rings (SSSR count). The van der Waals surface area contributed by atoms with Gasteiger partial charge in [0, 0.05) is 30.1 Å². The molecule has 0 saturated heterocycles. The highest BCUT2D eigenvalue weighted by Crippen LogP contribution is 2.23. The number of carbonyl (C=O) groups excluding carboxylic acids is 1. The maximum Gasteiger partial charge on any atom is 0.247 e. The van der Waals surface area contributed by atoms with Gasteiger partial charge in [0.25, 0.3) is 0 Å². The molecular weight excluding hydrogens is 448 g/mol. The van der Waals surface area contributed by atoms with Gasteiger partial charge in [0.15, 0.2) is 0 Å². The summed E-state index contributed by atoms with van der Waals surface area (Å²) in [7, 11) is 0. The van der Waals surface area contributed by atoms with E-state index in [9.17, 15) is 4.79 Å². The highest BCUT2D eigenvalue weighted by molar-refractivity contribution is 5.95. The van der Waals surface area contributed by atoms with Crippen LogP contribution in [-0.4, -0.2) is 27.2 Å². The van der Waals surface area contributed by atoms with Crippen molar-refractivity contribution in [1.82, 2.24) is 20.1 Å². The number of nitriles is 1. The van der Waals surface area contributed by atoms with E-state index >= 15 is 0 Å². The fourth-order valence-corrected chi connectivity index (χ4v) is 3.79. The Morgan fingerprint density at radius 2 is 1.75 bits per heavy atom. The highest BCUT2D eigenvalue weighted by Gasteiger charge is 2.20. The number of hydrogen-bond donors (Lipinski definition) is 2. The number of rotatable bonds is 8. The lowest BCUT2D eigenvalue weighted by Crippen LogP contribution is -2.34. The van der Waals surface area contributed by atoms with Crippen molar-refractivity contribution in [2.24, 2.45) is 0 Å². The predicted octanol–water partition coefficient (Wildman–Crippen LogP) is 5.08. The first-order valence-electron chi connectivity index (χ1n) is 11.9. The Bertz CT molecular complexity index is 1330. The minimum Gasteiger partial charge on any atom is -0.309 e. The van der Waals surface area contributed by atoms with Crippen molar-refractivity contribution in [3.8, 4) is 17.2 Å². The monoisotopic (exact) mass is 478 g/mol. The molecule has 0 fully saturated rings. The molecule has 182 valence electrons. The largest absolute Gasteiger partial charge is 0.309 e. The van der Waals surface area contributed by atoms with Crippen molar-refractivity contribution in [2.75, 3.05) is 11.9 Å². The van der Waals surface area contributed by atoms with Gasteiger partial charge in [-0.15, -0.1) is 0 Å². The summed E-state index contributed by atoms with van der Waals surface area (Å²) in [5.41, 5.74) is 4.42. The van der Waals surface area contributed by atoms with Gasteiger partial charge in [-0.3, -0.25) is 9.48 Å². The van der Waals surface area contributed by atoms with Crippen LogP contribution in [0.4, 0.5) is 5.82 Å². The molecule has 2 aromatic heterocycles. The van der Waals surface area contributed by atoms with Crippen molar-refractivity contribution in [3.05, 3.63) is 102 Å². The zero-order valence-corrected chi connectivity index (χ0v) is 20.8. The van der Waals surface area contributed by atoms with Crippen LogP contribution in [0.15, 0.2) is 85.3 Å². The molecule has 1 unspecified atom stereocenters. The lowest BCUT2D eigenvalue weighted by Gasteiger charge is -2.19. The number of anilines is 1. The molecule has 7 nitrogen and oxygen atoms in total. The van der Waals surface area contributed by atoms with E-state index in [1.54, 1.807) is 24.4 Å². The van der Waals surface area contributed by atoms with Gasteiger partial charge < -0.3 is 10.6 Å². The molecular formula is C29H30N6O. The molecule has 0 aliphatic carbocycles. The second-order valence-electron chi connectivity index (χ2n) is 9.62. The summed E-state index contributed by atoms with van der Waals surface area (Å²) in [5.74, 6) is 0.309. The average Bonchev–Trinajstić information content (AvgIpc) is 3.39. The maximum atomic E-state index is 13.2. The predicted molar refractivity (Wildman–Crippen MR) is 141 cm³/mol. The van der Waals surface area contributed by atoms with Crippen LogP contribution in [-0.2, 0) is 16.8 Å². The van der Waals surface area contributed by atoms with E-state index in [0.29, 0.717) is 17.9 Å². The number of benzene rings is 2. The van der Waals surface area contributed by atoms with E-state index in [0.717, 1.165) is 28.7 Å². The van der Waals surface area contributed by atoms with Crippen LogP contribution in [0, 0.1) is 11.3 Å². The summed E-state index contributed by atoms with van der Waals surface area (Å²) in [6, 6.07) is 22.5. The lowest BCUT2D eigenvalue weighted by molar-refractivity contribution is -0.118. The Kier molecular flexibility index (Phi) is 7.57. The van der Waals surface area contributed by atoms with Crippen molar-refractivity contribution in [3.63, 3.8) is 0 Å². The highest BCUT2D eigenvalue weighted by atomic mass is 16.2. The molecule has 0 radical (unpaired) electrons. The zero-order chi connectivity index (χ0) is 25.5. The van der Waals surface area contributed by atoms with Crippen LogP contribution in [0.3, 0.4) is 0 Å². The van der Waals surface area contributed by atoms with Crippen LogP contribution < -0.4 is 10.6 Å². The number of aromatic nitrogens is 3. The molecule has 1 atom stereocenters. The average molecular weight is 479 g/mol. The smallest absolute Gasteiger partial charge is 0.247 e. The topological polar surface area (TPSA) is 95.6 Å². The van der Waals surface area contributed by atoms with Gasteiger partial charge >= 0.3 is 0 Å². The van der Waals surface area contributed by atoms with Crippen LogP contribution in [0.5, 0.6) is 0 Å². The summed E-state index contributed by atoms with van der Waals surface area (Å²) < 4.78 is 1.92. The minimum atomic E-state index is -0.531. The number of pyridine rings is 1. The van der Waals surface area contributed by atoms with Gasteiger partial charge in [-0.25, -0.2) is 4.98 Å². The Balaban J connectivity index is 1.42. The van der Waals surface area contributed by atoms with Crippen molar-refractivity contribution >= 4 is 11.7 Å². The van der Waals surface area contributed by atoms with Gasteiger partial charge in [0.05, 0.1) is 23.4 Å². The standard InChI is InChI=1S/C29H30N6O/c1-29(2,3)35-20-25(19-33-35)24-13-14-26(32-18-24)34-28(36)27(23-7-5-4-6-8-23)31-16-15-21-9-11-22(17-30)12-10-21/h4-14,18-20,27,31H,15-16H2,1-3H3,(H,32,34,36). The van der Waals surface area contributed by atoms with E-state index in [-0.39, 0.29) is 11.4 Å². The molecule has 2 N–H and O–H groups in total. The molecule has 7 heteroatoms. The van der Waals surface area contributed by atoms with E-state index in [2.05, 4.69) is 47.6 Å². The van der Waals surface area contributed by atoms with Crippen LogP contribution >= 0.6 is 0 Å². The molecule has 0 aliphatic heterocycles. The van der Waals surface area contributed by atoms with E-state index in [4.69, 9.17) is 5.26 Å². The maximum absolute atomic E-state index is 13.2. The van der Waals surface area contributed by atoms with Gasteiger partial charge in [0.2, 0.25) is 5.91 Å². The van der Waals surface area contributed by atoms with E-state index < -0.39 is 6.04 Å². The first kappa shape index (κ1) is 24.8. The third-order valence-electron chi connectivity index (χ3n) is 5.86. The fourth-order valence-electron chi connectivity index (χ4n) is 3.79. The van der Waals surface area contributed by atoms with Crippen LogP contribution in [0.25, 0.3) is 11.1 Å². The molecule has 0 aliphatic rings. The Hall–Kier alpha value is -4.28. The number of nitrogens with zero attached hydrogens (tertiary/aromatic N) is 4. The van der Waals surface area contributed by atoms with Gasteiger partial charge in [-0.2, -0.15) is 10.4 Å². The lowest BCUT2D eigenvalue weighted by atomic mass is 10.0. The molecule has 1 amide bonds. The number of amides is 1. The number of nitrogens with one attached hydrogen (secondary N) is 2. The molecule has 0 saturated carbocycles. The van der Waals surface area contributed by atoms with Crippen molar-refractivity contribution in [1.29, 1.82) is 5.26 Å². The number of hydrogen-bond acceptors (Lipinski definition) is 5. The first-order chi connectivity index (χ1) is 17.3. The normalized spacial score (nSPS) is 12.1.